The van der Waals surface area contributed by atoms with Crippen LogP contribution in [0.2, 0.25) is 0 Å². The summed E-state index contributed by atoms with van der Waals surface area (Å²) in [6, 6.07) is 19.8. The topological polar surface area (TPSA) is 110 Å². The molecular weight excluding hydrogens is 568 g/mol. The number of hydrogen-bond acceptors (Lipinski definition) is 11. The van der Waals surface area contributed by atoms with Crippen molar-refractivity contribution in [2.75, 3.05) is 75.4 Å². The van der Waals surface area contributed by atoms with E-state index in [1.54, 1.807) is 0 Å². The van der Waals surface area contributed by atoms with Gasteiger partial charge in [-0.25, -0.2) is 19.9 Å². The Balaban J connectivity index is 1.16. The summed E-state index contributed by atoms with van der Waals surface area (Å²) in [5.41, 5.74) is 1.82. The first-order valence-electron chi connectivity index (χ1n) is 16.0. The van der Waals surface area contributed by atoms with E-state index in [-0.39, 0.29) is 0 Å². The highest BCUT2D eigenvalue weighted by molar-refractivity contribution is 5.55. The molecule has 0 unspecified atom stereocenters. The lowest BCUT2D eigenvalue weighted by atomic mass is 10.2. The maximum Gasteiger partial charge on any atom is 0.264 e. The van der Waals surface area contributed by atoms with Crippen LogP contribution in [0.1, 0.15) is 24.2 Å². The highest BCUT2D eigenvalue weighted by Gasteiger charge is 2.24. The first-order chi connectivity index (χ1) is 22.3. The van der Waals surface area contributed by atoms with Crippen LogP contribution in [-0.2, 0) is 12.8 Å². The van der Waals surface area contributed by atoms with E-state index in [2.05, 4.69) is 20.4 Å². The normalized spacial score (nSPS) is 15.1. The van der Waals surface area contributed by atoms with Crippen LogP contribution >= 0.6 is 0 Å². The lowest BCUT2D eigenvalue weighted by molar-refractivity contribution is 0.310. The van der Waals surface area contributed by atoms with Crippen molar-refractivity contribution < 1.29 is 14.2 Å². The van der Waals surface area contributed by atoms with Gasteiger partial charge in [-0.05, 0) is 49.9 Å². The third kappa shape index (κ3) is 8.80. The molecule has 0 atom stereocenters. The first kappa shape index (κ1) is 30.5. The van der Waals surface area contributed by atoms with Gasteiger partial charge < -0.3 is 34.6 Å². The van der Waals surface area contributed by atoms with Gasteiger partial charge in [0.1, 0.15) is 11.5 Å². The Morgan fingerprint density at radius 3 is 1.42 bits per heavy atom. The lowest BCUT2D eigenvalue weighted by Crippen LogP contribution is -2.44. The summed E-state index contributed by atoms with van der Waals surface area (Å²) in [6.07, 6.45) is 6.80. The van der Waals surface area contributed by atoms with E-state index in [0.717, 1.165) is 113 Å². The van der Waals surface area contributed by atoms with E-state index in [1.807, 2.05) is 73.1 Å². The van der Waals surface area contributed by atoms with E-state index in [0.29, 0.717) is 25.0 Å². The van der Waals surface area contributed by atoms with E-state index in [9.17, 15) is 0 Å². The zero-order valence-corrected chi connectivity index (χ0v) is 25.7. The molecule has 11 nitrogen and oxygen atoms in total. The third-order valence-electron chi connectivity index (χ3n) is 7.75. The molecule has 0 spiro atoms. The fraction of sp³-hybridized carbons (Fsp3) is 0.412. The molecule has 0 bridgehead atoms. The van der Waals surface area contributed by atoms with Gasteiger partial charge in [0.05, 0.1) is 37.0 Å². The van der Waals surface area contributed by atoms with E-state index >= 15 is 0 Å². The van der Waals surface area contributed by atoms with Gasteiger partial charge in [-0.15, -0.1) is 0 Å². The maximum absolute atomic E-state index is 6.50. The summed E-state index contributed by atoms with van der Waals surface area (Å²) in [7, 11) is 0. The molecular formula is C34H42N8O3. The molecule has 6 rings (SSSR count). The molecule has 2 aromatic carbocycles. The molecule has 0 aliphatic carbocycles. The quantitative estimate of drug-likeness (QED) is 0.203. The second kappa shape index (κ2) is 16.0. The van der Waals surface area contributed by atoms with Crippen LogP contribution in [0.5, 0.6) is 23.3 Å². The first-order valence-corrected chi connectivity index (χ1v) is 16.0. The molecule has 45 heavy (non-hydrogen) atoms. The number of aromatic nitrogens is 4. The molecule has 0 saturated carbocycles. The standard InChI is InChI=1S/C34H42N8O3/c1-3-11-29(12-4-1)43-23-7-9-27-25-37-33(31(39-27)41-19-15-35-16-20-41)45-34-32(42-21-17-36-18-22-42)40-28(26-38-34)10-8-24-44-30-13-5-2-6-14-30/h1-6,11-14,25-26,35-36H,7-10,15-24H2. The SMILES string of the molecule is c1ccc(OCCCc2cnc(Oc3ncc(CCCOc4ccccc4)nc3N3CCNCC3)c(N3CCNCC3)n2)cc1. The highest BCUT2D eigenvalue weighted by Crippen LogP contribution is 2.33. The van der Waals surface area contributed by atoms with Gasteiger partial charge in [-0.3, -0.25) is 0 Å². The van der Waals surface area contributed by atoms with Crippen molar-refractivity contribution >= 4 is 11.6 Å². The van der Waals surface area contributed by atoms with E-state index in [4.69, 9.17) is 34.1 Å². The molecule has 2 aromatic heterocycles. The fourth-order valence-electron chi connectivity index (χ4n) is 5.37. The number of nitrogens with one attached hydrogen (secondary N) is 2. The molecule has 236 valence electrons. The van der Waals surface area contributed by atoms with Crippen LogP contribution < -0.4 is 34.6 Å². The minimum absolute atomic E-state index is 0.455. The maximum atomic E-state index is 6.50. The van der Waals surface area contributed by atoms with Gasteiger partial charge in [0.15, 0.2) is 11.6 Å². The second-order valence-corrected chi connectivity index (χ2v) is 11.1. The second-order valence-electron chi connectivity index (χ2n) is 11.1. The molecule has 2 saturated heterocycles. The number of anilines is 2. The number of nitrogens with zero attached hydrogens (tertiary/aromatic N) is 6. The Hall–Kier alpha value is -4.48. The Bertz CT molecular complexity index is 1350. The summed E-state index contributed by atoms with van der Waals surface area (Å²) >= 11 is 0. The predicted molar refractivity (Wildman–Crippen MR) is 175 cm³/mol. The van der Waals surface area contributed by atoms with Crippen molar-refractivity contribution in [3.8, 4) is 23.3 Å². The van der Waals surface area contributed by atoms with Gasteiger partial charge in [0.25, 0.3) is 11.8 Å². The van der Waals surface area contributed by atoms with Crippen LogP contribution in [0, 0.1) is 0 Å². The fourth-order valence-corrected chi connectivity index (χ4v) is 5.37. The number of rotatable bonds is 14. The third-order valence-corrected chi connectivity index (χ3v) is 7.75. The number of piperazine rings is 2. The Labute approximate surface area is 265 Å². The minimum Gasteiger partial charge on any atom is -0.494 e. The molecule has 0 radical (unpaired) electrons. The summed E-state index contributed by atoms with van der Waals surface area (Å²) in [5, 5.41) is 6.85. The van der Waals surface area contributed by atoms with Crippen molar-refractivity contribution in [3.05, 3.63) is 84.4 Å². The van der Waals surface area contributed by atoms with Crippen molar-refractivity contribution in [1.29, 1.82) is 0 Å². The van der Waals surface area contributed by atoms with Gasteiger partial charge in [-0.2, -0.15) is 0 Å². The average molecular weight is 611 g/mol. The summed E-state index contributed by atoms with van der Waals surface area (Å²) < 4.78 is 18.3. The minimum atomic E-state index is 0.455. The van der Waals surface area contributed by atoms with Crippen LogP contribution in [-0.4, -0.2) is 85.5 Å². The van der Waals surface area contributed by atoms with Gasteiger partial charge in [0, 0.05) is 52.4 Å². The zero-order valence-electron chi connectivity index (χ0n) is 25.7. The van der Waals surface area contributed by atoms with Gasteiger partial charge >= 0.3 is 0 Å². The van der Waals surface area contributed by atoms with Crippen LogP contribution in [0.15, 0.2) is 73.1 Å². The van der Waals surface area contributed by atoms with Crippen LogP contribution in [0.3, 0.4) is 0 Å². The van der Waals surface area contributed by atoms with Gasteiger partial charge in [-0.1, -0.05) is 36.4 Å². The van der Waals surface area contributed by atoms with Crippen molar-refractivity contribution in [3.63, 3.8) is 0 Å². The Morgan fingerprint density at radius 1 is 0.578 bits per heavy atom. The predicted octanol–water partition coefficient (Wildman–Crippen LogP) is 3.90. The van der Waals surface area contributed by atoms with Crippen molar-refractivity contribution in [2.24, 2.45) is 0 Å². The smallest absolute Gasteiger partial charge is 0.264 e. The number of hydrogen-bond donors (Lipinski definition) is 2. The number of benzene rings is 2. The molecule has 2 aliphatic rings. The molecule has 4 aromatic rings. The van der Waals surface area contributed by atoms with Crippen molar-refractivity contribution in [2.45, 2.75) is 25.7 Å². The number of aryl methyl sites for hydroxylation is 2. The molecule has 11 heteroatoms. The number of ether oxygens (including phenoxy) is 3. The van der Waals surface area contributed by atoms with Crippen LogP contribution in [0.25, 0.3) is 0 Å². The molecule has 2 N–H and O–H groups in total. The highest BCUT2D eigenvalue weighted by atomic mass is 16.5. The summed E-state index contributed by atoms with van der Waals surface area (Å²) in [4.78, 5) is 24.1. The van der Waals surface area contributed by atoms with E-state index < -0.39 is 0 Å². The lowest BCUT2D eigenvalue weighted by Gasteiger charge is -2.31. The monoisotopic (exact) mass is 610 g/mol. The molecule has 2 fully saturated rings. The largest absolute Gasteiger partial charge is 0.494 e. The summed E-state index contributed by atoms with van der Waals surface area (Å²) in [6.45, 7) is 8.05. The summed E-state index contributed by atoms with van der Waals surface area (Å²) in [5.74, 6) is 4.15. The average Bonchev–Trinajstić information content (AvgIpc) is 3.11. The van der Waals surface area contributed by atoms with Crippen molar-refractivity contribution in [1.82, 2.24) is 30.6 Å². The molecule has 2 aliphatic heterocycles. The molecule has 4 heterocycles. The Morgan fingerprint density at radius 2 is 1.00 bits per heavy atom. The van der Waals surface area contributed by atoms with E-state index in [1.165, 1.54) is 0 Å². The van der Waals surface area contributed by atoms with Crippen LogP contribution in [0.4, 0.5) is 11.6 Å². The zero-order chi connectivity index (χ0) is 30.5. The number of para-hydroxylation sites is 2. The molecule has 0 amide bonds. The van der Waals surface area contributed by atoms with Gasteiger partial charge in [0.2, 0.25) is 0 Å². The Kier molecular flexibility index (Phi) is 10.9.